The highest BCUT2D eigenvalue weighted by molar-refractivity contribution is 6.11. The third-order valence-electron chi connectivity index (χ3n) is 5.27. The lowest BCUT2D eigenvalue weighted by Crippen LogP contribution is -2.29. The van der Waals surface area contributed by atoms with Crippen LogP contribution in [-0.2, 0) is 0 Å². The molecule has 0 radical (unpaired) electrons. The Bertz CT molecular complexity index is 1230. The van der Waals surface area contributed by atoms with Crippen molar-refractivity contribution in [3.63, 3.8) is 0 Å². The number of carbonyl (C=O) groups excluding carboxylic acids is 1. The monoisotopic (exact) mass is 396 g/mol. The Labute approximate surface area is 171 Å². The summed E-state index contributed by atoms with van der Waals surface area (Å²) >= 11 is 0. The highest BCUT2D eigenvalue weighted by Gasteiger charge is 2.42. The first-order chi connectivity index (χ1) is 14.6. The molecule has 1 atom stereocenters. The van der Waals surface area contributed by atoms with Gasteiger partial charge < -0.3 is 0 Å². The fourth-order valence-corrected chi connectivity index (χ4v) is 3.91. The second-order valence-electron chi connectivity index (χ2n) is 6.99. The molecule has 4 aromatic rings. The normalized spacial score (nSPS) is 15.3. The summed E-state index contributed by atoms with van der Waals surface area (Å²) in [5, 5.41) is 18.3. The van der Waals surface area contributed by atoms with E-state index in [9.17, 15) is 14.9 Å². The summed E-state index contributed by atoms with van der Waals surface area (Å²) in [5.74, 6) is -0.161. The third kappa shape index (κ3) is 2.76. The van der Waals surface area contributed by atoms with Crippen molar-refractivity contribution in [3.05, 3.63) is 112 Å². The number of H-pyrrole nitrogens is 1. The summed E-state index contributed by atoms with van der Waals surface area (Å²) in [6, 6.07) is 25.1. The zero-order valence-corrected chi connectivity index (χ0v) is 15.7. The lowest BCUT2D eigenvalue weighted by molar-refractivity contribution is -0.384. The molecule has 3 aromatic carbocycles. The van der Waals surface area contributed by atoms with Gasteiger partial charge in [-0.1, -0.05) is 48.5 Å². The number of aromatic amines is 1. The maximum absolute atomic E-state index is 13.3. The van der Waals surface area contributed by atoms with Crippen molar-refractivity contribution in [2.24, 2.45) is 0 Å². The molecule has 1 amide bonds. The Hall–Kier alpha value is -4.26. The number of para-hydroxylation sites is 1. The summed E-state index contributed by atoms with van der Waals surface area (Å²) in [7, 11) is 0. The van der Waals surface area contributed by atoms with Crippen LogP contribution in [-0.4, -0.2) is 21.0 Å². The first-order valence-corrected chi connectivity index (χ1v) is 9.42. The SMILES string of the molecule is O=C1c2[nH]nc(-c3ccc([N+](=O)[O-])cc3)c2[C@@H](c2ccccc2)N1c1ccccc1. The number of nitrogens with one attached hydrogen (secondary N) is 1. The summed E-state index contributed by atoms with van der Waals surface area (Å²) in [6.45, 7) is 0. The molecule has 0 saturated carbocycles. The molecule has 0 unspecified atom stereocenters. The van der Waals surface area contributed by atoms with Crippen molar-refractivity contribution in [1.29, 1.82) is 0 Å². The molecule has 1 aliphatic heterocycles. The number of aromatic nitrogens is 2. The van der Waals surface area contributed by atoms with Gasteiger partial charge in [-0.05, 0) is 29.8 Å². The molecule has 30 heavy (non-hydrogen) atoms. The number of nitro groups is 1. The summed E-state index contributed by atoms with van der Waals surface area (Å²) in [4.78, 5) is 25.7. The standard InChI is InChI=1S/C23H16N4O3/c28-23-21-19(20(24-25-21)15-11-13-18(14-12-15)27(29)30)22(16-7-3-1-4-8-16)26(23)17-9-5-2-6-10-17/h1-14,22H,(H,24,25)/t22-/m1/s1. The zero-order valence-electron chi connectivity index (χ0n) is 15.7. The number of hydrogen-bond donors (Lipinski definition) is 1. The van der Waals surface area contributed by atoms with Gasteiger partial charge in [-0.2, -0.15) is 5.10 Å². The molecule has 7 heteroatoms. The Kier molecular flexibility index (Phi) is 4.14. The molecule has 0 spiro atoms. The molecule has 0 bridgehead atoms. The van der Waals surface area contributed by atoms with Crippen LogP contribution in [0.15, 0.2) is 84.9 Å². The summed E-state index contributed by atoms with van der Waals surface area (Å²) < 4.78 is 0. The minimum atomic E-state index is -0.438. The number of carbonyl (C=O) groups is 1. The van der Waals surface area contributed by atoms with Gasteiger partial charge in [0.1, 0.15) is 5.69 Å². The maximum Gasteiger partial charge on any atom is 0.277 e. The van der Waals surface area contributed by atoms with Crippen molar-refractivity contribution in [2.75, 3.05) is 4.90 Å². The van der Waals surface area contributed by atoms with E-state index in [0.717, 1.165) is 16.8 Å². The van der Waals surface area contributed by atoms with Gasteiger partial charge in [-0.3, -0.25) is 24.9 Å². The average molecular weight is 396 g/mol. The molecule has 0 saturated heterocycles. The van der Waals surface area contributed by atoms with E-state index in [1.807, 2.05) is 60.7 Å². The Balaban J connectivity index is 1.69. The first kappa shape index (κ1) is 17.8. The topological polar surface area (TPSA) is 92.1 Å². The number of fused-ring (bicyclic) bond motifs is 1. The lowest BCUT2D eigenvalue weighted by atomic mass is 9.96. The number of benzene rings is 3. The van der Waals surface area contributed by atoms with Crippen LogP contribution in [0.1, 0.15) is 27.7 Å². The number of anilines is 1. The van der Waals surface area contributed by atoms with Crippen LogP contribution in [0.25, 0.3) is 11.3 Å². The molecule has 2 heterocycles. The van der Waals surface area contributed by atoms with E-state index in [1.165, 1.54) is 12.1 Å². The van der Waals surface area contributed by atoms with Crippen LogP contribution in [0.4, 0.5) is 11.4 Å². The van der Waals surface area contributed by atoms with Crippen LogP contribution >= 0.6 is 0 Å². The fourth-order valence-electron chi connectivity index (χ4n) is 3.91. The highest BCUT2D eigenvalue weighted by Crippen LogP contribution is 2.44. The Morgan fingerprint density at radius 2 is 1.53 bits per heavy atom. The average Bonchev–Trinajstić information content (AvgIpc) is 3.34. The lowest BCUT2D eigenvalue weighted by Gasteiger charge is -2.26. The van der Waals surface area contributed by atoms with Gasteiger partial charge in [0.2, 0.25) is 0 Å². The largest absolute Gasteiger partial charge is 0.295 e. The number of nitrogens with zero attached hydrogens (tertiary/aromatic N) is 3. The number of non-ortho nitro benzene ring substituents is 1. The van der Waals surface area contributed by atoms with E-state index in [2.05, 4.69) is 10.2 Å². The molecule has 1 aliphatic rings. The van der Waals surface area contributed by atoms with E-state index in [1.54, 1.807) is 17.0 Å². The van der Waals surface area contributed by atoms with E-state index >= 15 is 0 Å². The summed E-state index contributed by atoms with van der Waals surface area (Å²) in [6.07, 6.45) is 0. The van der Waals surface area contributed by atoms with Crippen LogP contribution in [0.3, 0.4) is 0 Å². The minimum absolute atomic E-state index is 0.00697. The van der Waals surface area contributed by atoms with Gasteiger partial charge in [0, 0.05) is 28.9 Å². The van der Waals surface area contributed by atoms with Gasteiger partial charge in [-0.15, -0.1) is 0 Å². The van der Waals surface area contributed by atoms with Crippen LogP contribution in [0.5, 0.6) is 0 Å². The van der Waals surface area contributed by atoms with E-state index in [-0.39, 0.29) is 17.6 Å². The highest BCUT2D eigenvalue weighted by atomic mass is 16.6. The number of rotatable bonds is 4. The van der Waals surface area contributed by atoms with Gasteiger partial charge in [-0.25, -0.2) is 0 Å². The molecule has 1 aromatic heterocycles. The second kappa shape index (κ2) is 6.97. The Morgan fingerprint density at radius 1 is 0.900 bits per heavy atom. The number of amides is 1. The van der Waals surface area contributed by atoms with Crippen molar-refractivity contribution in [3.8, 4) is 11.3 Å². The van der Waals surface area contributed by atoms with Crippen molar-refractivity contribution in [2.45, 2.75) is 6.04 Å². The number of hydrogen-bond acceptors (Lipinski definition) is 4. The van der Waals surface area contributed by atoms with Crippen LogP contribution in [0, 0.1) is 10.1 Å². The van der Waals surface area contributed by atoms with Crippen molar-refractivity contribution >= 4 is 17.3 Å². The van der Waals surface area contributed by atoms with Crippen LogP contribution in [0.2, 0.25) is 0 Å². The van der Waals surface area contributed by atoms with E-state index < -0.39 is 4.92 Å². The second-order valence-corrected chi connectivity index (χ2v) is 6.99. The fraction of sp³-hybridized carbons (Fsp3) is 0.0435. The molecule has 146 valence electrons. The quantitative estimate of drug-likeness (QED) is 0.398. The molecule has 0 aliphatic carbocycles. The predicted molar refractivity (Wildman–Crippen MR) is 112 cm³/mol. The maximum atomic E-state index is 13.3. The zero-order chi connectivity index (χ0) is 20.7. The molecule has 7 nitrogen and oxygen atoms in total. The van der Waals surface area contributed by atoms with Gasteiger partial charge in [0.25, 0.3) is 11.6 Å². The van der Waals surface area contributed by atoms with Gasteiger partial charge >= 0.3 is 0 Å². The first-order valence-electron chi connectivity index (χ1n) is 9.42. The molecule has 5 rings (SSSR count). The third-order valence-corrected chi connectivity index (χ3v) is 5.27. The van der Waals surface area contributed by atoms with Crippen molar-refractivity contribution < 1.29 is 9.72 Å². The Morgan fingerprint density at radius 3 is 2.17 bits per heavy atom. The smallest absolute Gasteiger partial charge is 0.277 e. The number of nitro benzene ring substituents is 1. The van der Waals surface area contributed by atoms with Crippen LogP contribution < -0.4 is 4.90 Å². The minimum Gasteiger partial charge on any atom is -0.295 e. The van der Waals surface area contributed by atoms with Gasteiger partial charge in [0.15, 0.2) is 0 Å². The molecule has 1 N–H and O–H groups in total. The van der Waals surface area contributed by atoms with E-state index in [4.69, 9.17) is 0 Å². The molecular weight excluding hydrogens is 380 g/mol. The van der Waals surface area contributed by atoms with Crippen molar-refractivity contribution in [1.82, 2.24) is 10.2 Å². The molecule has 0 fully saturated rings. The van der Waals surface area contributed by atoms with E-state index in [0.29, 0.717) is 17.0 Å². The predicted octanol–water partition coefficient (Wildman–Crippen LogP) is 4.73. The summed E-state index contributed by atoms with van der Waals surface area (Å²) in [5.41, 5.74) is 4.27. The van der Waals surface area contributed by atoms with Gasteiger partial charge in [0.05, 0.1) is 16.7 Å². The molecular formula is C23H16N4O3.